The second-order valence-corrected chi connectivity index (χ2v) is 3.30. The Balaban J connectivity index is 3.23. The maximum absolute atomic E-state index is 11.8. The molecule has 0 aromatic carbocycles. The van der Waals surface area contributed by atoms with Crippen LogP contribution >= 0.6 is 0 Å². The van der Waals surface area contributed by atoms with Crippen molar-refractivity contribution >= 4 is 16.7 Å². The summed E-state index contributed by atoms with van der Waals surface area (Å²) < 4.78 is 2.31. The Kier molecular flexibility index (Phi) is 1.85. The van der Waals surface area contributed by atoms with Gasteiger partial charge in [0.25, 0.3) is 5.56 Å². The van der Waals surface area contributed by atoms with Crippen LogP contribution in [0.25, 0.3) is 11.0 Å². The molecule has 0 radical (unpaired) electrons. The summed E-state index contributed by atoms with van der Waals surface area (Å²) in [6.07, 6.45) is 1.47. The van der Waals surface area contributed by atoms with Gasteiger partial charge in [-0.15, -0.1) is 0 Å². The maximum atomic E-state index is 11.8. The van der Waals surface area contributed by atoms with E-state index < -0.39 is 11.2 Å². The predicted molar refractivity (Wildman–Crippen MR) is 56.6 cm³/mol. The lowest BCUT2D eigenvalue weighted by atomic mass is 10.3. The van der Waals surface area contributed by atoms with Gasteiger partial charge in [0.15, 0.2) is 5.65 Å². The fraction of sp³-hybridized carbons (Fsp3) is 0.222. The molecule has 2 aromatic rings. The van der Waals surface area contributed by atoms with Crippen molar-refractivity contribution in [2.45, 2.75) is 0 Å². The quantitative estimate of drug-likeness (QED) is 0.612. The summed E-state index contributed by atoms with van der Waals surface area (Å²) in [4.78, 5) is 27.3. The van der Waals surface area contributed by atoms with Gasteiger partial charge in [-0.05, 0) is 6.07 Å². The summed E-state index contributed by atoms with van der Waals surface area (Å²) in [6, 6.07) is 1.54. The number of aromatic nitrogens is 3. The van der Waals surface area contributed by atoms with Crippen LogP contribution in [0.15, 0.2) is 21.9 Å². The van der Waals surface area contributed by atoms with Gasteiger partial charge in [-0.3, -0.25) is 13.9 Å². The average molecular weight is 206 g/mol. The topological polar surface area (TPSA) is 82.9 Å². The van der Waals surface area contributed by atoms with Crippen LogP contribution in [0.2, 0.25) is 0 Å². The fourth-order valence-electron chi connectivity index (χ4n) is 1.51. The van der Waals surface area contributed by atoms with E-state index in [-0.39, 0.29) is 5.39 Å². The third kappa shape index (κ3) is 1.14. The largest absolute Gasteiger partial charge is 0.398 e. The monoisotopic (exact) mass is 206 g/mol. The minimum Gasteiger partial charge on any atom is -0.398 e. The molecule has 2 N–H and O–H groups in total. The zero-order valence-corrected chi connectivity index (χ0v) is 8.39. The Morgan fingerprint density at radius 2 is 1.93 bits per heavy atom. The van der Waals surface area contributed by atoms with E-state index in [2.05, 4.69) is 4.98 Å². The zero-order chi connectivity index (χ0) is 11.2. The number of hydrogen-bond donors (Lipinski definition) is 1. The number of fused-ring (bicyclic) bond motifs is 1. The number of pyridine rings is 1. The van der Waals surface area contributed by atoms with Crippen molar-refractivity contribution in [2.75, 3.05) is 5.73 Å². The number of aryl methyl sites for hydroxylation is 1. The van der Waals surface area contributed by atoms with E-state index in [9.17, 15) is 9.59 Å². The first kappa shape index (κ1) is 9.45. The van der Waals surface area contributed by atoms with Crippen LogP contribution in [0.5, 0.6) is 0 Å². The molecule has 0 fully saturated rings. The number of hydrogen-bond acceptors (Lipinski definition) is 4. The van der Waals surface area contributed by atoms with Crippen LogP contribution in [0.4, 0.5) is 5.69 Å². The van der Waals surface area contributed by atoms with E-state index in [1.807, 2.05) is 0 Å². The third-order valence-electron chi connectivity index (χ3n) is 2.37. The van der Waals surface area contributed by atoms with E-state index in [0.29, 0.717) is 11.3 Å². The predicted octanol–water partition coefficient (Wildman–Crippen LogP) is -0.786. The first-order valence-corrected chi connectivity index (χ1v) is 4.34. The molecule has 0 aliphatic rings. The highest BCUT2D eigenvalue weighted by Crippen LogP contribution is 2.11. The number of rotatable bonds is 0. The lowest BCUT2D eigenvalue weighted by Gasteiger charge is -2.07. The maximum Gasteiger partial charge on any atom is 0.332 e. The molecule has 2 aromatic heterocycles. The van der Waals surface area contributed by atoms with Crippen molar-refractivity contribution < 1.29 is 0 Å². The highest BCUT2D eigenvalue weighted by Gasteiger charge is 2.10. The molecule has 0 saturated heterocycles. The van der Waals surface area contributed by atoms with Crippen molar-refractivity contribution in [3.63, 3.8) is 0 Å². The number of nitrogen functional groups attached to an aromatic ring is 1. The Hall–Kier alpha value is -2.11. The molecule has 0 bridgehead atoms. The molecule has 2 heterocycles. The lowest BCUT2D eigenvalue weighted by molar-refractivity contribution is 0.708. The first-order valence-electron chi connectivity index (χ1n) is 4.34. The van der Waals surface area contributed by atoms with Crippen LogP contribution in [0, 0.1) is 0 Å². The molecule has 0 unspecified atom stereocenters. The van der Waals surface area contributed by atoms with Crippen LogP contribution in [0.3, 0.4) is 0 Å². The first-order chi connectivity index (χ1) is 7.04. The summed E-state index contributed by atoms with van der Waals surface area (Å²) in [7, 11) is 2.97. The molecule has 0 aliphatic carbocycles. The van der Waals surface area contributed by atoms with Gasteiger partial charge in [-0.1, -0.05) is 0 Å². The van der Waals surface area contributed by atoms with Gasteiger partial charge < -0.3 is 5.73 Å². The molecule has 0 atom stereocenters. The van der Waals surface area contributed by atoms with Crippen molar-refractivity contribution in [3.05, 3.63) is 33.1 Å². The summed E-state index contributed by atoms with van der Waals surface area (Å²) in [5, 5.41) is 0.280. The van der Waals surface area contributed by atoms with Gasteiger partial charge in [0, 0.05) is 26.0 Å². The zero-order valence-electron chi connectivity index (χ0n) is 8.39. The Labute approximate surface area is 84.6 Å². The number of nitrogens with two attached hydrogens (primary N) is 1. The van der Waals surface area contributed by atoms with Gasteiger partial charge in [-0.25, -0.2) is 9.78 Å². The second kappa shape index (κ2) is 2.94. The smallest absolute Gasteiger partial charge is 0.332 e. The molecule has 78 valence electrons. The Morgan fingerprint density at radius 1 is 1.27 bits per heavy atom. The fourth-order valence-corrected chi connectivity index (χ4v) is 1.51. The van der Waals surface area contributed by atoms with Crippen LogP contribution < -0.4 is 17.0 Å². The van der Waals surface area contributed by atoms with Gasteiger partial charge >= 0.3 is 5.69 Å². The van der Waals surface area contributed by atoms with Crippen molar-refractivity contribution in [1.29, 1.82) is 0 Å². The Morgan fingerprint density at radius 3 is 2.60 bits per heavy atom. The normalized spacial score (nSPS) is 10.8. The summed E-state index contributed by atoms with van der Waals surface area (Å²) in [5.74, 6) is 0. The minimum atomic E-state index is -0.418. The summed E-state index contributed by atoms with van der Waals surface area (Å²) >= 11 is 0. The highest BCUT2D eigenvalue weighted by atomic mass is 16.2. The van der Waals surface area contributed by atoms with Crippen molar-refractivity contribution in [1.82, 2.24) is 14.1 Å². The molecule has 0 saturated carbocycles. The molecule has 15 heavy (non-hydrogen) atoms. The molecule has 2 rings (SSSR count). The third-order valence-corrected chi connectivity index (χ3v) is 2.37. The molecule has 0 aliphatic heterocycles. The second-order valence-electron chi connectivity index (χ2n) is 3.30. The van der Waals surface area contributed by atoms with E-state index in [1.165, 1.54) is 23.9 Å². The molecular weight excluding hydrogens is 196 g/mol. The Bertz CT molecular complexity index is 653. The van der Waals surface area contributed by atoms with E-state index in [1.54, 1.807) is 7.05 Å². The van der Waals surface area contributed by atoms with Gasteiger partial charge in [0.05, 0.1) is 0 Å². The van der Waals surface area contributed by atoms with E-state index in [0.717, 1.165) is 4.57 Å². The van der Waals surface area contributed by atoms with Crippen molar-refractivity contribution in [2.24, 2.45) is 14.1 Å². The van der Waals surface area contributed by atoms with Gasteiger partial charge in [-0.2, -0.15) is 0 Å². The van der Waals surface area contributed by atoms with Crippen LogP contribution in [-0.2, 0) is 14.1 Å². The highest BCUT2D eigenvalue weighted by molar-refractivity contribution is 5.86. The summed E-state index contributed by atoms with van der Waals surface area (Å²) in [6.45, 7) is 0. The number of nitrogens with zero attached hydrogens (tertiary/aromatic N) is 3. The van der Waals surface area contributed by atoms with Gasteiger partial charge in [0.2, 0.25) is 0 Å². The van der Waals surface area contributed by atoms with Crippen LogP contribution in [0.1, 0.15) is 0 Å². The molecule has 0 spiro atoms. The lowest BCUT2D eigenvalue weighted by Crippen LogP contribution is -2.37. The molecule has 0 amide bonds. The molecular formula is C9H10N4O2. The standard InChI is InChI=1S/C9H10N4O2/c1-12-7-6(5(10)3-4-11-7)8(14)13(2)9(12)15/h3-4H,1-2H3,(H2,10,11). The number of anilines is 1. The molecule has 6 nitrogen and oxygen atoms in total. The van der Waals surface area contributed by atoms with E-state index >= 15 is 0 Å². The van der Waals surface area contributed by atoms with Crippen molar-refractivity contribution in [3.8, 4) is 0 Å². The minimum absolute atomic E-state index is 0.280. The van der Waals surface area contributed by atoms with Gasteiger partial charge in [0.1, 0.15) is 5.39 Å². The van der Waals surface area contributed by atoms with Crippen LogP contribution in [-0.4, -0.2) is 14.1 Å². The summed E-state index contributed by atoms with van der Waals surface area (Å²) in [5.41, 5.74) is 5.49. The molecule has 6 heteroatoms. The average Bonchev–Trinajstić information content (AvgIpc) is 2.23. The SMILES string of the molecule is Cn1c(=O)c2c(N)ccnc2n(C)c1=O. The van der Waals surface area contributed by atoms with E-state index in [4.69, 9.17) is 5.73 Å².